The van der Waals surface area contributed by atoms with Gasteiger partial charge in [0.1, 0.15) is 18.9 Å². The van der Waals surface area contributed by atoms with Gasteiger partial charge in [-0.25, -0.2) is 9.18 Å². The molecule has 0 aliphatic heterocycles. The Morgan fingerprint density at radius 2 is 1.82 bits per heavy atom. The highest BCUT2D eigenvalue weighted by atomic mass is 32.1. The largest absolute Gasteiger partial charge is 0.465 e. The van der Waals surface area contributed by atoms with E-state index in [0.29, 0.717) is 13.1 Å². The molecule has 0 spiro atoms. The summed E-state index contributed by atoms with van der Waals surface area (Å²) in [6.07, 6.45) is 4.74. The number of nitrogens with one attached hydrogen (secondary N) is 1. The summed E-state index contributed by atoms with van der Waals surface area (Å²) < 4.78 is 18.3. The van der Waals surface area contributed by atoms with E-state index >= 15 is 0 Å². The number of halogens is 1. The molecule has 0 radical (unpaired) electrons. The van der Waals surface area contributed by atoms with Crippen LogP contribution in [0.15, 0.2) is 41.8 Å². The first-order valence-electron chi connectivity index (χ1n) is 11.7. The average molecular weight is 490 g/mol. The molecule has 1 N–H and O–H groups in total. The summed E-state index contributed by atoms with van der Waals surface area (Å²) in [4.78, 5) is 42.5. The third kappa shape index (κ3) is 7.83. The molecule has 3 rings (SSSR count). The van der Waals surface area contributed by atoms with Crippen LogP contribution >= 0.6 is 11.3 Å². The van der Waals surface area contributed by atoms with Crippen LogP contribution in [0, 0.1) is 5.82 Å². The first kappa shape index (κ1) is 25.7. The van der Waals surface area contributed by atoms with E-state index in [1.54, 1.807) is 40.2 Å². The normalized spacial score (nSPS) is 13.8. The van der Waals surface area contributed by atoms with Gasteiger partial charge in [-0.3, -0.25) is 9.59 Å². The number of urea groups is 1. The molecule has 0 bridgehead atoms. The van der Waals surface area contributed by atoms with Crippen molar-refractivity contribution in [3.8, 4) is 0 Å². The highest BCUT2D eigenvalue weighted by Crippen LogP contribution is 2.23. The molecule has 1 saturated carbocycles. The van der Waals surface area contributed by atoms with E-state index < -0.39 is 12.0 Å². The van der Waals surface area contributed by atoms with Crippen molar-refractivity contribution in [2.75, 3.05) is 19.7 Å². The van der Waals surface area contributed by atoms with E-state index in [2.05, 4.69) is 5.32 Å². The number of hydrogen-bond acceptors (Lipinski definition) is 5. The van der Waals surface area contributed by atoms with Crippen molar-refractivity contribution < 1.29 is 23.5 Å². The third-order valence-corrected chi connectivity index (χ3v) is 6.70. The van der Waals surface area contributed by atoms with Gasteiger partial charge in [-0.2, -0.15) is 0 Å². The van der Waals surface area contributed by atoms with Gasteiger partial charge in [0.05, 0.1) is 13.2 Å². The second-order valence-electron chi connectivity index (χ2n) is 8.34. The summed E-state index contributed by atoms with van der Waals surface area (Å²) in [5, 5.41) is 4.56. The van der Waals surface area contributed by atoms with E-state index in [4.69, 9.17) is 4.74 Å². The summed E-state index contributed by atoms with van der Waals surface area (Å²) in [5.74, 6) is -1.04. The van der Waals surface area contributed by atoms with Crippen LogP contribution in [0.4, 0.5) is 9.18 Å². The van der Waals surface area contributed by atoms with Crippen LogP contribution in [-0.2, 0) is 27.4 Å². The van der Waals surface area contributed by atoms with Crippen LogP contribution in [0.5, 0.6) is 0 Å². The van der Waals surface area contributed by atoms with E-state index in [-0.39, 0.29) is 37.5 Å². The lowest BCUT2D eigenvalue weighted by Gasteiger charge is -2.35. The first-order chi connectivity index (χ1) is 16.5. The molecule has 0 atom stereocenters. The second-order valence-corrected chi connectivity index (χ2v) is 9.37. The van der Waals surface area contributed by atoms with Crippen LogP contribution in [0.25, 0.3) is 0 Å². The van der Waals surface area contributed by atoms with Crippen molar-refractivity contribution in [3.63, 3.8) is 0 Å². The Hall–Kier alpha value is -2.94. The summed E-state index contributed by atoms with van der Waals surface area (Å²) in [6, 6.07) is 9.46. The Bertz CT molecular complexity index is 930. The van der Waals surface area contributed by atoms with Crippen molar-refractivity contribution >= 4 is 29.2 Å². The zero-order chi connectivity index (χ0) is 24.3. The van der Waals surface area contributed by atoms with Crippen molar-refractivity contribution in [2.45, 2.75) is 58.2 Å². The van der Waals surface area contributed by atoms with E-state index in [1.165, 1.54) is 12.1 Å². The van der Waals surface area contributed by atoms with Gasteiger partial charge in [0.2, 0.25) is 5.91 Å². The Balaban J connectivity index is 1.74. The maximum absolute atomic E-state index is 13.5. The molecule has 1 aromatic carbocycles. The predicted molar refractivity (Wildman–Crippen MR) is 129 cm³/mol. The molecule has 9 heteroatoms. The molecule has 1 aliphatic carbocycles. The molecule has 0 saturated heterocycles. The zero-order valence-corrected chi connectivity index (χ0v) is 20.3. The molecule has 1 heterocycles. The van der Waals surface area contributed by atoms with Crippen molar-refractivity contribution in [3.05, 3.63) is 58.0 Å². The van der Waals surface area contributed by atoms with Crippen LogP contribution in [0.3, 0.4) is 0 Å². The SMILES string of the molecule is CCOC(=O)CNC(=O)N(CC(=O)N(Cc1ccc(F)cc1)Cc1cccs1)C1CCCCC1. The number of benzene rings is 1. The number of hydrogen-bond donors (Lipinski definition) is 1. The van der Waals surface area contributed by atoms with Crippen LogP contribution in [0.1, 0.15) is 49.5 Å². The maximum atomic E-state index is 13.5. The first-order valence-corrected chi connectivity index (χ1v) is 12.6. The fourth-order valence-electron chi connectivity index (χ4n) is 4.10. The lowest BCUT2D eigenvalue weighted by Crippen LogP contribution is -2.52. The summed E-state index contributed by atoms with van der Waals surface area (Å²) >= 11 is 1.55. The molecular weight excluding hydrogens is 457 g/mol. The summed E-state index contributed by atoms with van der Waals surface area (Å²) in [6.45, 7) is 2.32. The molecule has 184 valence electrons. The predicted octanol–water partition coefficient (Wildman–Crippen LogP) is 4.32. The summed E-state index contributed by atoms with van der Waals surface area (Å²) in [7, 11) is 0. The van der Waals surface area contributed by atoms with E-state index in [0.717, 1.165) is 42.5 Å². The number of ether oxygens (including phenoxy) is 1. The van der Waals surface area contributed by atoms with Gasteiger partial charge in [0.25, 0.3) is 0 Å². The van der Waals surface area contributed by atoms with Gasteiger partial charge in [-0.05, 0) is 48.9 Å². The lowest BCUT2D eigenvalue weighted by atomic mass is 9.94. The van der Waals surface area contributed by atoms with Gasteiger partial charge in [-0.15, -0.1) is 11.3 Å². The van der Waals surface area contributed by atoms with E-state index in [1.807, 2.05) is 17.5 Å². The van der Waals surface area contributed by atoms with Gasteiger partial charge in [0, 0.05) is 17.5 Å². The molecule has 3 amide bonds. The fraction of sp³-hybridized carbons (Fsp3) is 0.480. The molecule has 1 fully saturated rings. The van der Waals surface area contributed by atoms with Crippen LogP contribution in [-0.4, -0.2) is 53.4 Å². The number of thiophene rings is 1. The molecule has 1 aliphatic rings. The van der Waals surface area contributed by atoms with Crippen LogP contribution in [0.2, 0.25) is 0 Å². The minimum absolute atomic E-state index is 0.0608. The van der Waals surface area contributed by atoms with Gasteiger partial charge in [-0.1, -0.05) is 37.5 Å². The zero-order valence-electron chi connectivity index (χ0n) is 19.5. The summed E-state index contributed by atoms with van der Waals surface area (Å²) in [5.41, 5.74) is 0.808. The Kier molecular flexibility index (Phi) is 9.88. The maximum Gasteiger partial charge on any atom is 0.325 e. The second kappa shape index (κ2) is 13.1. The van der Waals surface area contributed by atoms with E-state index in [9.17, 15) is 18.8 Å². The number of rotatable bonds is 10. The average Bonchev–Trinajstić information content (AvgIpc) is 3.36. The minimum atomic E-state index is -0.513. The van der Waals surface area contributed by atoms with Gasteiger partial charge >= 0.3 is 12.0 Å². The Morgan fingerprint density at radius 1 is 1.09 bits per heavy atom. The number of carbonyl (C=O) groups is 3. The highest BCUT2D eigenvalue weighted by Gasteiger charge is 2.29. The van der Waals surface area contributed by atoms with Gasteiger partial charge < -0.3 is 19.9 Å². The number of amides is 3. The Morgan fingerprint density at radius 3 is 2.47 bits per heavy atom. The topological polar surface area (TPSA) is 79.0 Å². The Labute approximate surface area is 203 Å². The quantitative estimate of drug-likeness (QED) is 0.504. The van der Waals surface area contributed by atoms with Gasteiger partial charge in [0.15, 0.2) is 0 Å². The number of esters is 1. The van der Waals surface area contributed by atoms with Crippen LogP contribution < -0.4 is 5.32 Å². The molecule has 0 unspecified atom stereocenters. The number of carbonyl (C=O) groups excluding carboxylic acids is 3. The van der Waals surface area contributed by atoms with Crippen molar-refractivity contribution in [2.24, 2.45) is 0 Å². The molecular formula is C25H32FN3O4S. The molecule has 2 aromatic rings. The van der Waals surface area contributed by atoms with Crippen molar-refractivity contribution in [1.29, 1.82) is 0 Å². The molecule has 1 aromatic heterocycles. The van der Waals surface area contributed by atoms with Crippen molar-refractivity contribution in [1.82, 2.24) is 15.1 Å². The smallest absolute Gasteiger partial charge is 0.325 e. The number of nitrogens with zero attached hydrogens (tertiary/aromatic N) is 2. The minimum Gasteiger partial charge on any atom is -0.465 e. The highest BCUT2D eigenvalue weighted by molar-refractivity contribution is 7.09. The fourth-order valence-corrected chi connectivity index (χ4v) is 4.82. The standard InChI is InChI=1S/C25H32FN3O4S/c1-2-33-24(31)15-27-25(32)29(21-7-4-3-5-8-21)18-23(30)28(17-22-9-6-14-34-22)16-19-10-12-20(26)13-11-19/h6,9-14,21H,2-5,7-8,15-18H2,1H3,(H,27,32). The monoisotopic (exact) mass is 489 g/mol. The lowest BCUT2D eigenvalue weighted by molar-refractivity contribution is -0.141. The third-order valence-electron chi connectivity index (χ3n) is 5.84. The molecule has 34 heavy (non-hydrogen) atoms. The molecule has 7 nitrogen and oxygen atoms in total.